The van der Waals surface area contributed by atoms with Crippen LogP contribution in [0.2, 0.25) is 5.02 Å². The summed E-state index contributed by atoms with van der Waals surface area (Å²) in [5.74, 6) is -0.379. The average molecular weight is 289 g/mol. The van der Waals surface area contributed by atoms with E-state index in [4.69, 9.17) is 11.6 Å². The number of benzene rings is 1. The van der Waals surface area contributed by atoms with E-state index in [0.29, 0.717) is 10.9 Å². The van der Waals surface area contributed by atoms with E-state index >= 15 is 0 Å². The van der Waals surface area contributed by atoms with E-state index in [1.54, 1.807) is 6.07 Å². The molecule has 0 radical (unpaired) electrons. The van der Waals surface area contributed by atoms with Gasteiger partial charge in [-0.1, -0.05) is 39.7 Å². The Morgan fingerprint density at radius 3 is 2.50 bits per heavy atom. The minimum Gasteiger partial charge on any atom is -0.404 e. The summed E-state index contributed by atoms with van der Waals surface area (Å²) in [6.07, 6.45) is -4.71. The molecule has 0 saturated heterocycles. The van der Waals surface area contributed by atoms with E-state index in [9.17, 15) is 13.2 Å². The highest BCUT2D eigenvalue weighted by Crippen LogP contribution is 2.33. The smallest absolute Gasteiger partial charge is 0.404 e. The maximum atomic E-state index is 11.9. The molecular formula is C8H5BrClF3O. The second kappa shape index (κ2) is 4.40. The van der Waals surface area contributed by atoms with Gasteiger partial charge in [0.05, 0.1) is 5.02 Å². The second-order valence-electron chi connectivity index (χ2n) is 2.41. The molecule has 0 atom stereocenters. The van der Waals surface area contributed by atoms with Crippen molar-refractivity contribution in [2.45, 2.75) is 11.7 Å². The molecule has 0 aromatic heterocycles. The van der Waals surface area contributed by atoms with E-state index < -0.39 is 6.36 Å². The molecular weight excluding hydrogens is 284 g/mol. The van der Waals surface area contributed by atoms with Gasteiger partial charge >= 0.3 is 6.36 Å². The second-order valence-corrected chi connectivity index (χ2v) is 3.35. The first-order valence-corrected chi connectivity index (χ1v) is 5.03. The highest BCUT2D eigenvalue weighted by Gasteiger charge is 2.32. The average Bonchev–Trinajstić information content (AvgIpc) is 2.06. The Labute approximate surface area is 91.9 Å². The van der Waals surface area contributed by atoms with E-state index in [2.05, 4.69) is 20.7 Å². The molecule has 0 saturated carbocycles. The molecule has 6 heteroatoms. The van der Waals surface area contributed by atoms with Gasteiger partial charge < -0.3 is 4.74 Å². The van der Waals surface area contributed by atoms with Crippen molar-refractivity contribution in [3.63, 3.8) is 0 Å². The summed E-state index contributed by atoms with van der Waals surface area (Å²) in [5.41, 5.74) is 0.549. The quantitative estimate of drug-likeness (QED) is 0.744. The highest BCUT2D eigenvalue weighted by molar-refractivity contribution is 9.08. The summed E-state index contributed by atoms with van der Waals surface area (Å²) in [5, 5.41) is 0.350. The van der Waals surface area contributed by atoms with Crippen LogP contribution in [0.3, 0.4) is 0 Å². The van der Waals surface area contributed by atoms with Crippen LogP contribution in [0.4, 0.5) is 13.2 Å². The zero-order valence-corrected chi connectivity index (χ0v) is 9.08. The summed E-state index contributed by atoms with van der Waals surface area (Å²) in [6.45, 7) is 0. The van der Waals surface area contributed by atoms with Gasteiger partial charge in [-0.15, -0.1) is 13.2 Å². The zero-order valence-electron chi connectivity index (χ0n) is 6.74. The van der Waals surface area contributed by atoms with Crippen LogP contribution in [0, 0.1) is 0 Å². The van der Waals surface area contributed by atoms with Crippen LogP contribution in [0.25, 0.3) is 0 Å². The van der Waals surface area contributed by atoms with Crippen molar-refractivity contribution in [2.75, 3.05) is 0 Å². The number of halogens is 5. The van der Waals surface area contributed by atoms with E-state index in [-0.39, 0.29) is 10.8 Å². The number of hydrogen-bond acceptors (Lipinski definition) is 1. The summed E-state index contributed by atoms with van der Waals surface area (Å²) >= 11 is 8.76. The fourth-order valence-corrected chi connectivity index (χ4v) is 1.72. The molecule has 0 fully saturated rings. The van der Waals surface area contributed by atoms with Crippen molar-refractivity contribution in [2.24, 2.45) is 0 Å². The lowest BCUT2D eigenvalue weighted by atomic mass is 10.2. The number of alkyl halides is 4. The van der Waals surface area contributed by atoms with Gasteiger partial charge in [-0.05, 0) is 11.6 Å². The molecule has 0 unspecified atom stereocenters. The van der Waals surface area contributed by atoms with Gasteiger partial charge in [0.25, 0.3) is 0 Å². The first kappa shape index (κ1) is 11.7. The molecule has 0 amide bonds. The summed E-state index contributed by atoms with van der Waals surface area (Å²) in [7, 11) is 0. The van der Waals surface area contributed by atoms with Crippen molar-refractivity contribution < 1.29 is 17.9 Å². The third kappa shape index (κ3) is 3.06. The lowest BCUT2D eigenvalue weighted by Gasteiger charge is -2.11. The van der Waals surface area contributed by atoms with Crippen LogP contribution in [-0.4, -0.2) is 6.36 Å². The lowest BCUT2D eigenvalue weighted by Crippen LogP contribution is -2.17. The van der Waals surface area contributed by atoms with Crippen molar-refractivity contribution in [1.29, 1.82) is 0 Å². The summed E-state index contributed by atoms with van der Waals surface area (Å²) in [6, 6.07) is 4.23. The zero-order chi connectivity index (χ0) is 10.8. The standard InChI is InChI=1S/C8H5BrClF3O/c9-4-5-2-1-3-6(7(5)10)14-8(11,12)13/h1-3H,4H2. The lowest BCUT2D eigenvalue weighted by molar-refractivity contribution is -0.274. The van der Waals surface area contributed by atoms with Gasteiger partial charge in [-0.3, -0.25) is 0 Å². The van der Waals surface area contributed by atoms with Crippen LogP contribution < -0.4 is 4.74 Å². The topological polar surface area (TPSA) is 9.23 Å². The largest absolute Gasteiger partial charge is 0.573 e. The summed E-state index contributed by atoms with van der Waals surface area (Å²) in [4.78, 5) is 0. The minimum absolute atomic E-state index is 0.0262. The van der Waals surface area contributed by atoms with Crippen LogP contribution in [0.15, 0.2) is 18.2 Å². The number of ether oxygens (including phenoxy) is 1. The number of hydrogen-bond donors (Lipinski definition) is 0. The fourth-order valence-electron chi connectivity index (χ4n) is 0.863. The maximum absolute atomic E-state index is 11.9. The van der Waals surface area contributed by atoms with Crippen molar-refractivity contribution in [3.8, 4) is 5.75 Å². The molecule has 0 bridgehead atoms. The van der Waals surface area contributed by atoms with Gasteiger partial charge in [0.2, 0.25) is 0 Å². The maximum Gasteiger partial charge on any atom is 0.573 e. The van der Waals surface area contributed by atoms with Gasteiger partial charge in [-0.25, -0.2) is 0 Å². The van der Waals surface area contributed by atoms with Crippen molar-refractivity contribution in [3.05, 3.63) is 28.8 Å². The SMILES string of the molecule is FC(F)(F)Oc1cccc(CBr)c1Cl. The van der Waals surface area contributed by atoms with Crippen LogP contribution in [0.5, 0.6) is 5.75 Å². The van der Waals surface area contributed by atoms with Crippen LogP contribution in [-0.2, 0) is 5.33 Å². The van der Waals surface area contributed by atoms with Crippen molar-refractivity contribution >= 4 is 27.5 Å². The van der Waals surface area contributed by atoms with Gasteiger partial charge in [0.1, 0.15) is 5.75 Å². The first-order chi connectivity index (χ1) is 6.44. The van der Waals surface area contributed by atoms with Gasteiger partial charge in [0.15, 0.2) is 0 Å². The molecule has 1 nitrogen and oxygen atoms in total. The molecule has 1 aromatic rings. The van der Waals surface area contributed by atoms with E-state index in [1.165, 1.54) is 12.1 Å². The predicted molar refractivity (Wildman–Crippen MR) is 50.8 cm³/mol. The Bertz CT molecular complexity index is 327. The Morgan fingerprint density at radius 2 is 2.00 bits per heavy atom. The Kier molecular flexibility index (Phi) is 3.66. The van der Waals surface area contributed by atoms with E-state index in [0.717, 1.165) is 0 Å². The highest BCUT2D eigenvalue weighted by atomic mass is 79.9. The molecule has 0 aliphatic rings. The van der Waals surface area contributed by atoms with E-state index in [1.807, 2.05) is 0 Å². The Hall–Kier alpha value is -0.420. The first-order valence-electron chi connectivity index (χ1n) is 3.53. The normalized spacial score (nSPS) is 11.5. The van der Waals surface area contributed by atoms with Crippen LogP contribution >= 0.6 is 27.5 Å². The fraction of sp³-hybridized carbons (Fsp3) is 0.250. The summed E-state index contributed by atoms with van der Waals surface area (Å²) < 4.78 is 39.3. The van der Waals surface area contributed by atoms with Crippen molar-refractivity contribution in [1.82, 2.24) is 0 Å². The molecule has 0 N–H and O–H groups in total. The molecule has 1 aromatic carbocycles. The Balaban J connectivity index is 2.98. The molecule has 0 heterocycles. The molecule has 0 aliphatic carbocycles. The predicted octanol–water partition coefficient (Wildman–Crippen LogP) is 4.13. The molecule has 0 spiro atoms. The third-order valence-electron chi connectivity index (χ3n) is 1.41. The molecule has 1 rings (SSSR count). The van der Waals surface area contributed by atoms with Crippen LogP contribution in [0.1, 0.15) is 5.56 Å². The Morgan fingerprint density at radius 1 is 1.36 bits per heavy atom. The molecule has 0 aliphatic heterocycles. The monoisotopic (exact) mass is 288 g/mol. The minimum atomic E-state index is -4.71. The third-order valence-corrected chi connectivity index (χ3v) is 2.45. The molecule has 78 valence electrons. The number of rotatable bonds is 2. The molecule has 14 heavy (non-hydrogen) atoms. The van der Waals surface area contributed by atoms with Gasteiger partial charge in [-0.2, -0.15) is 0 Å². The van der Waals surface area contributed by atoms with Gasteiger partial charge in [0, 0.05) is 5.33 Å².